The lowest BCUT2D eigenvalue weighted by Gasteiger charge is -2.20. The van der Waals surface area contributed by atoms with Crippen molar-refractivity contribution in [2.24, 2.45) is 0 Å². The van der Waals surface area contributed by atoms with E-state index >= 15 is 0 Å². The van der Waals surface area contributed by atoms with Crippen molar-refractivity contribution >= 4 is 10.1 Å². The Labute approximate surface area is 112 Å². The zero-order valence-electron chi connectivity index (χ0n) is 10.8. The molecule has 2 rings (SSSR count). The molecule has 0 radical (unpaired) electrons. The molecule has 2 atom stereocenters. The lowest BCUT2D eigenvalue weighted by Crippen LogP contribution is -2.39. The highest BCUT2D eigenvalue weighted by Gasteiger charge is 2.36. The molecule has 0 aliphatic carbocycles. The van der Waals surface area contributed by atoms with Crippen molar-refractivity contribution in [1.82, 2.24) is 15.3 Å². The Balaban J connectivity index is 2.17. The first-order valence-corrected chi connectivity index (χ1v) is 7.41. The van der Waals surface area contributed by atoms with Crippen LogP contribution in [0.2, 0.25) is 0 Å². The van der Waals surface area contributed by atoms with E-state index in [0.29, 0.717) is 12.2 Å². The van der Waals surface area contributed by atoms with Gasteiger partial charge in [-0.3, -0.25) is 9.87 Å². The van der Waals surface area contributed by atoms with E-state index in [0.717, 1.165) is 0 Å². The molecule has 8 heteroatoms. The van der Waals surface area contributed by atoms with Gasteiger partial charge in [0.15, 0.2) is 0 Å². The molecule has 7 nitrogen and oxygen atoms in total. The molecule has 0 unspecified atom stereocenters. The van der Waals surface area contributed by atoms with Crippen LogP contribution in [-0.4, -0.2) is 41.3 Å². The lowest BCUT2D eigenvalue weighted by atomic mass is 10.1. The summed E-state index contributed by atoms with van der Waals surface area (Å²) in [6.45, 7) is 4.12. The maximum Gasteiger partial charge on any atom is 0.272 e. The maximum absolute atomic E-state index is 11.5. The number of ether oxygens (including phenoxy) is 1. The highest BCUT2D eigenvalue weighted by atomic mass is 32.2. The first kappa shape index (κ1) is 14.3. The van der Waals surface area contributed by atoms with E-state index in [1.165, 1.54) is 18.7 Å². The Morgan fingerprint density at radius 3 is 2.63 bits per heavy atom. The fourth-order valence-electron chi connectivity index (χ4n) is 2.18. The summed E-state index contributed by atoms with van der Waals surface area (Å²) in [5, 5.41) is 2.11. The second-order valence-corrected chi connectivity index (χ2v) is 6.67. The summed E-state index contributed by atoms with van der Waals surface area (Å²) in [5.74, 6) is 0. The first-order chi connectivity index (χ1) is 8.78. The Hall–Kier alpha value is -1.09. The molecule has 106 valence electrons. The van der Waals surface area contributed by atoms with Gasteiger partial charge in [-0.15, -0.1) is 0 Å². The fraction of sp³-hybridized carbons (Fsp3) is 0.636. The molecule has 0 amide bonds. The minimum atomic E-state index is -4.22. The number of hydrogen-bond acceptors (Lipinski definition) is 6. The second-order valence-electron chi connectivity index (χ2n) is 5.07. The Morgan fingerprint density at radius 2 is 2.16 bits per heavy atom. The van der Waals surface area contributed by atoms with Gasteiger partial charge in [-0.1, -0.05) is 0 Å². The van der Waals surface area contributed by atoms with Gasteiger partial charge in [0.05, 0.1) is 6.61 Å². The van der Waals surface area contributed by atoms with Crippen molar-refractivity contribution in [3.8, 4) is 0 Å². The molecular weight excluding hydrogens is 270 g/mol. The zero-order valence-corrected chi connectivity index (χ0v) is 11.6. The van der Waals surface area contributed by atoms with Crippen molar-refractivity contribution < 1.29 is 17.7 Å². The van der Waals surface area contributed by atoms with Crippen LogP contribution in [0, 0.1) is 0 Å². The Bertz CT molecular complexity index is 532. The second kappa shape index (κ2) is 5.12. The number of nitrogens with one attached hydrogen (secondary N) is 1. The summed E-state index contributed by atoms with van der Waals surface area (Å²) in [6.07, 6.45) is 4.30. The largest absolute Gasteiger partial charge is 0.360 e. The van der Waals surface area contributed by atoms with Crippen LogP contribution in [-0.2, 0) is 14.9 Å². The minimum absolute atomic E-state index is 0.151. The van der Waals surface area contributed by atoms with Gasteiger partial charge in [-0.05, 0) is 20.3 Å². The van der Waals surface area contributed by atoms with E-state index in [1.54, 1.807) is 0 Å². The summed E-state index contributed by atoms with van der Waals surface area (Å²) < 4.78 is 37.9. The van der Waals surface area contributed by atoms with Crippen LogP contribution in [0.1, 0.15) is 31.1 Å². The van der Waals surface area contributed by atoms with Crippen molar-refractivity contribution in [2.45, 2.75) is 37.3 Å². The lowest BCUT2D eigenvalue weighted by molar-refractivity contribution is 0.0231. The third-order valence-electron chi connectivity index (χ3n) is 3.01. The third kappa shape index (κ3) is 3.69. The van der Waals surface area contributed by atoms with Crippen LogP contribution >= 0.6 is 0 Å². The number of rotatable bonds is 4. The topological polar surface area (TPSA) is 101 Å². The average Bonchev–Trinajstić information content (AvgIpc) is 2.65. The summed E-state index contributed by atoms with van der Waals surface area (Å²) in [6, 6.07) is -0.151. The summed E-state index contributed by atoms with van der Waals surface area (Å²) in [5.41, 5.74) is -0.113. The average molecular weight is 287 g/mol. The van der Waals surface area contributed by atoms with Gasteiger partial charge in [0, 0.05) is 24.0 Å². The summed E-state index contributed by atoms with van der Waals surface area (Å²) in [4.78, 5) is 7.57. The van der Waals surface area contributed by atoms with Gasteiger partial charge in [0.2, 0.25) is 0 Å². The van der Waals surface area contributed by atoms with E-state index in [1.807, 2.05) is 13.8 Å². The summed E-state index contributed by atoms with van der Waals surface area (Å²) in [7, 11) is -4.22. The van der Waals surface area contributed by atoms with Gasteiger partial charge in [-0.2, -0.15) is 8.42 Å². The molecule has 0 aromatic carbocycles. The Morgan fingerprint density at radius 1 is 1.53 bits per heavy atom. The van der Waals surface area contributed by atoms with Gasteiger partial charge < -0.3 is 4.74 Å². The molecule has 2 N–H and O–H groups in total. The van der Waals surface area contributed by atoms with Gasteiger partial charge in [-0.25, -0.2) is 9.97 Å². The molecule has 2 heterocycles. The van der Waals surface area contributed by atoms with Crippen molar-refractivity contribution in [3.63, 3.8) is 0 Å². The van der Waals surface area contributed by atoms with E-state index in [2.05, 4.69) is 15.3 Å². The predicted octanol–water partition coefficient (Wildman–Crippen LogP) is 0.520. The first-order valence-electron chi connectivity index (χ1n) is 5.91. The number of hydrogen-bond donors (Lipinski definition) is 2. The molecule has 0 spiro atoms. The van der Waals surface area contributed by atoms with Gasteiger partial charge in [0.1, 0.15) is 17.3 Å². The maximum atomic E-state index is 11.5. The number of nitrogens with zero attached hydrogens (tertiary/aromatic N) is 2. The molecule has 1 saturated heterocycles. The van der Waals surface area contributed by atoms with Crippen LogP contribution in [0.15, 0.2) is 18.7 Å². The quantitative estimate of drug-likeness (QED) is 0.778. The standard InChI is InChI=1S/C11H17N3O4S/c1-11(2)14-9(6-18-11)3-10(19(15,16)17)8-4-12-7-13-5-8/h4-5,7,9-10,14H,3,6H2,1-2H3,(H,15,16,17)/t9-,10+/m0/s1. The van der Waals surface area contributed by atoms with Gasteiger partial charge in [0.25, 0.3) is 10.1 Å². The van der Waals surface area contributed by atoms with Crippen LogP contribution in [0.5, 0.6) is 0 Å². The zero-order chi connectivity index (χ0) is 14.1. The SMILES string of the molecule is CC1(C)N[C@@H](C[C@H](c2cncnc2)S(=O)(=O)O)CO1. The van der Waals surface area contributed by atoms with Crippen LogP contribution < -0.4 is 5.32 Å². The van der Waals surface area contributed by atoms with Crippen molar-refractivity contribution in [3.05, 3.63) is 24.3 Å². The minimum Gasteiger partial charge on any atom is -0.360 e. The van der Waals surface area contributed by atoms with E-state index < -0.39 is 21.1 Å². The molecule has 1 aromatic heterocycles. The predicted molar refractivity (Wildman–Crippen MR) is 67.9 cm³/mol. The monoisotopic (exact) mass is 287 g/mol. The normalized spacial score (nSPS) is 24.3. The fourth-order valence-corrected chi connectivity index (χ4v) is 3.12. The molecular formula is C11H17N3O4S. The molecule has 19 heavy (non-hydrogen) atoms. The molecule has 0 bridgehead atoms. The molecule has 0 saturated carbocycles. The molecule has 1 aliphatic rings. The molecule has 1 fully saturated rings. The van der Waals surface area contributed by atoms with E-state index in [4.69, 9.17) is 4.74 Å². The summed E-state index contributed by atoms with van der Waals surface area (Å²) >= 11 is 0. The number of aromatic nitrogens is 2. The highest BCUT2D eigenvalue weighted by molar-refractivity contribution is 7.86. The molecule has 1 aromatic rings. The van der Waals surface area contributed by atoms with Crippen molar-refractivity contribution in [1.29, 1.82) is 0 Å². The van der Waals surface area contributed by atoms with E-state index in [9.17, 15) is 13.0 Å². The van der Waals surface area contributed by atoms with Crippen LogP contribution in [0.4, 0.5) is 0 Å². The Kier molecular flexibility index (Phi) is 3.86. The van der Waals surface area contributed by atoms with Crippen molar-refractivity contribution in [2.75, 3.05) is 6.61 Å². The van der Waals surface area contributed by atoms with Crippen LogP contribution in [0.3, 0.4) is 0 Å². The van der Waals surface area contributed by atoms with Gasteiger partial charge >= 0.3 is 0 Å². The van der Waals surface area contributed by atoms with E-state index in [-0.39, 0.29) is 12.5 Å². The third-order valence-corrected chi connectivity index (χ3v) is 4.19. The smallest absolute Gasteiger partial charge is 0.272 e. The molecule has 1 aliphatic heterocycles. The highest BCUT2D eigenvalue weighted by Crippen LogP contribution is 2.28. The van der Waals surface area contributed by atoms with Crippen LogP contribution in [0.25, 0.3) is 0 Å².